The van der Waals surface area contributed by atoms with Crippen molar-refractivity contribution in [3.63, 3.8) is 0 Å². The van der Waals surface area contributed by atoms with Crippen LogP contribution < -0.4 is 5.14 Å². The van der Waals surface area contributed by atoms with Crippen LogP contribution in [0.1, 0.15) is 5.56 Å². The predicted octanol–water partition coefficient (Wildman–Crippen LogP) is 4.83. The van der Waals surface area contributed by atoms with E-state index in [0.717, 1.165) is 12.1 Å². The molecule has 0 saturated carbocycles. The van der Waals surface area contributed by atoms with E-state index in [0.29, 0.717) is 16.7 Å². The van der Waals surface area contributed by atoms with E-state index in [1.54, 1.807) is 24.3 Å². The molecule has 140 valence electrons. The molecule has 0 saturated heterocycles. The number of nitrogens with two attached hydrogens (primary N) is 1. The fourth-order valence-electron chi connectivity index (χ4n) is 2.72. The number of benzene rings is 3. The van der Waals surface area contributed by atoms with Crippen molar-refractivity contribution in [1.29, 1.82) is 0 Å². The Morgan fingerprint density at radius 1 is 0.778 bits per heavy atom. The lowest BCUT2D eigenvalue weighted by molar-refractivity contribution is -0.139. The zero-order valence-corrected chi connectivity index (χ0v) is 14.5. The predicted molar refractivity (Wildman–Crippen MR) is 93.6 cm³/mol. The van der Waals surface area contributed by atoms with Gasteiger partial charge in [-0.25, -0.2) is 17.9 Å². The van der Waals surface area contributed by atoms with Crippen LogP contribution in [0.2, 0.25) is 0 Å². The van der Waals surface area contributed by atoms with Gasteiger partial charge in [-0.3, -0.25) is 0 Å². The van der Waals surface area contributed by atoms with E-state index < -0.39 is 27.6 Å². The lowest BCUT2D eigenvalue weighted by Gasteiger charge is -2.13. The average molecular weight is 395 g/mol. The second-order valence-electron chi connectivity index (χ2n) is 5.81. The monoisotopic (exact) mass is 395 g/mol. The minimum Gasteiger partial charge on any atom is -0.225 e. The number of primary sulfonamides is 1. The van der Waals surface area contributed by atoms with E-state index in [4.69, 9.17) is 5.14 Å². The summed E-state index contributed by atoms with van der Waals surface area (Å²) in [5, 5.41) is 5.07. The molecule has 3 nitrogen and oxygen atoms in total. The molecule has 3 aromatic rings. The average Bonchev–Trinajstić information content (AvgIpc) is 2.60. The van der Waals surface area contributed by atoms with Crippen LogP contribution in [0.5, 0.6) is 0 Å². The van der Waals surface area contributed by atoms with E-state index in [1.807, 2.05) is 0 Å². The van der Waals surface area contributed by atoms with Crippen molar-refractivity contribution in [3.8, 4) is 22.3 Å². The van der Waals surface area contributed by atoms with Crippen LogP contribution >= 0.6 is 0 Å². The van der Waals surface area contributed by atoms with Gasteiger partial charge in [0.1, 0.15) is 5.82 Å². The van der Waals surface area contributed by atoms with Crippen LogP contribution in [-0.4, -0.2) is 8.42 Å². The molecule has 27 heavy (non-hydrogen) atoms. The van der Waals surface area contributed by atoms with Gasteiger partial charge in [0.15, 0.2) is 0 Å². The zero-order valence-electron chi connectivity index (χ0n) is 13.7. The van der Waals surface area contributed by atoms with Crippen molar-refractivity contribution >= 4 is 10.0 Å². The molecule has 0 atom stereocenters. The van der Waals surface area contributed by atoms with Gasteiger partial charge in [0.2, 0.25) is 10.0 Å². The first-order chi connectivity index (χ1) is 12.6. The third kappa shape index (κ3) is 4.01. The third-order valence-corrected chi connectivity index (χ3v) is 4.93. The highest BCUT2D eigenvalue weighted by Gasteiger charge is 2.34. The number of hydrogen-bond donors (Lipinski definition) is 1. The fourth-order valence-corrected chi connectivity index (χ4v) is 3.24. The SMILES string of the molecule is NS(=O)(=O)c1ccc(-c2ccccc2-c2ccc(F)c(C(F)(F)F)c2)cc1. The molecular formula is C19H13F4NO2S. The van der Waals surface area contributed by atoms with Crippen LogP contribution in [0.25, 0.3) is 22.3 Å². The molecule has 0 spiro atoms. The van der Waals surface area contributed by atoms with Crippen molar-refractivity contribution in [2.75, 3.05) is 0 Å². The highest BCUT2D eigenvalue weighted by molar-refractivity contribution is 7.89. The van der Waals surface area contributed by atoms with Crippen LogP contribution in [0.3, 0.4) is 0 Å². The zero-order chi connectivity index (χ0) is 19.8. The molecule has 0 aliphatic carbocycles. The number of sulfonamides is 1. The number of rotatable bonds is 3. The first-order valence-corrected chi connectivity index (χ1v) is 9.21. The molecule has 8 heteroatoms. The molecule has 0 heterocycles. The molecule has 0 unspecified atom stereocenters. The van der Waals surface area contributed by atoms with Gasteiger partial charge in [-0.15, -0.1) is 0 Å². The minimum atomic E-state index is -4.81. The largest absolute Gasteiger partial charge is 0.419 e. The Labute approximate surface area is 153 Å². The molecular weight excluding hydrogens is 382 g/mol. The summed E-state index contributed by atoms with van der Waals surface area (Å²) >= 11 is 0. The van der Waals surface area contributed by atoms with Crippen molar-refractivity contribution in [2.45, 2.75) is 11.1 Å². The highest BCUT2D eigenvalue weighted by Crippen LogP contribution is 2.37. The molecule has 0 fully saturated rings. The molecule has 3 aromatic carbocycles. The summed E-state index contributed by atoms with van der Waals surface area (Å²) in [5.74, 6) is -1.35. The lowest BCUT2D eigenvalue weighted by atomic mass is 9.93. The summed E-state index contributed by atoms with van der Waals surface area (Å²) in [7, 11) is -3.86. The van der Waals surface area contributed by atoms with Gasteiger partial charge in [0, 0.05) is 0 Å². The Morgan fingerprint density at radius 3 is 1.81 bits per heavy atom. The van der Waals surface area contributed by atoms with Gasteiger partial charge in [0.05, 0.1) is 10.5 Å². The molecule has 3 rings (SSSR count). The quantitative estimate of drug-likeness (QED) is 0.646. The summed E-state index contributed by atoms with van der Waals surface area (Å²) in [6.45, 7) is 0. The van der Waals surface area contributed by atoms with Crippen LogP contribution in [0.4, 0.5) is 17.6 Å². The Balaban J connectivity index is 2.13. The number of halogens is 4. The summed E-state index contributed by atoms with van der Waals surface area (Å²) in [5.41, 5.74) is 0.440. The molecule has 0 aliphatic heterocycles. The first kappa shape index (κ1) is 19.1. The van der Waals surface area contributed by atoms with Gasteiger partial charge in [-0.1, -0.05) is 42.5 Å². The maximum atomic E-state index is 13.6. The molecule has 0 amide bonds. The van der Waals surface area contributed by atoms with Crippen LogP contribution in [-0.2, 0) is 16.2 Å². The maximum absolute atomic E-state index is 13.6. The Morgan fingerprint density at radius 2 is 1.30 bits per heavy atom. The highest BCUT2D eigenvalue weighted by atomic mass is 32.2. The van der Waals surface area contributed by atoms with Crippen LogP contribution in [0.15, 0.2) is 71.6 Å². The summed E-state index contributed by atoms with van der Waals surface area (Å²) in [6, 6.07) is 15.1. The second kappa shape index (κ2) is 6.79. The van der Waals surface area contributed by atoms with Crippen molar-refractivity contribution in [2.24, 2.45) is 5.14 Å². The lowest BCUT2D eigenvalue weighted by Crippen LogP contribution is -2.11. The molecule has 0 aromatic heterocycles. The van der Waals surface area contributed by atoms with E-state index in [1.165, 1.54) is 30.3 Å². The molecule has 0 aliphatic rings. The Bertz CT molecular complexity index is 1090. The van der Waals surface area contributed by atoms with Crippen molar-refractivity contribution < 1.29 is 26.0 Å². The van der Waals surface area contributed by atoms with E-state index in [-0.39, 0.29) is 10.5 Å². The smallest absolute Gasteiger partial charge is 0.225 e. The molecule has 0 bridgehead atoms. The van der Waals surface area contributed by atoms with Gasteiger partial charge < -0.3 is 0 Å². The third-order valence-electron chi connectivity index (χ3n) is 4.00. The Kier molecular flexibility index (Phi) is 4.79. The van der Waals surface area contributed by atoms with E-state index >= 15 is 0 Å². The summed E-state index contributed by atoms with van der Waals surface area (Å²) in [4.78, 5) is -0.0788. The summed E-state index contributed by atoms with van der Waals surface area (Å²) < 4.78 is 75.4. The van der Waals surface area contributed by atoms with E-state index in [9.17, 15) is 26.0 Å². The number of hydrogen-bond acceptors (Lipinski definition) is 2. The van der Waals surface area contributed by atoms with Gasteiger partial charge in [0.25, 0.3) is 0 Å². The first-order valence-electron chi connectivity index (χ1n) is 7.67. The minimum absolute atomic E-state index is 0.0788. The van der Waals surface area contributed by atoms with Gasteiger partial charge in [-0.2, -0.15) is 13.2 Å². The van der Waals surface area contributed by atoms with Crippen molar-refractivity contribution in [1.82, 2.24) is 0 Å². The van der Waals surface area contributed by atoms with Gasteiger partial charge >= 0.3 is 6.18 Å². The van der Waals surface area contributed by atoms with E-state index in [2.05, 4.69) is 0 Å². The van der Waals surface area contributed by atoms with Gasteiger partial charge in [-0.05, 0) is 46.5 Å². The fraction of sp³-hybridized carbons (Fsp3) is 0.0526. The van der Waals surface area contributed by atoms with Crippen molar-refractivity contribution in [3.05, 3.63) is 78.1 Å². The Hall–Kier alpha value is -2.71. The topological polar surface area (TPSA) is 60.2 Å². The maximum Gasteiger partial charge on any atom is 0.419 e. The normalized spacial score (nSPS) is 12.2. The number of alkyl halides is 3. The van der Waals surface area contributed by atoms with Crippen LogP contribution in [0, 0.1) is 5.82 Å². The summed E-state index contributed by atoms with van der Waals surface area (Å²) in [6.07, 6.45) is -4.81. The molecule has 0 radical (unpaired) electrons. The molecule has 2 N–H and O–H groups in total. The second-order valence-corrected chi connectivity index (χ2v) is 7.37. The standard InChI is InChI=1S/C19H13F4NO2S/c20-18-10-7-13(11-17(18)19(21,22)23)16-4-2-1-3-15(16)12-5-8-14(9-6-12)27(24,25)26/h1-11H,(H2,24,25,26).